The Morgan fingerprint density at radius 2 is 1.09 bits per heavy atom. The fourth-order valence-electron chi connectivity index (χ4n) is 8.12. The van der Waals surface area contributed by atoms with E-state index in [0.29, 0.717) is 22.9 Å². The third-order valence-corrected chi connectivity index (χ3v) is 13.5. The minimum Gasteiger partial charge on any atom is -0.416 e. The molecule has 3 nitrogen and oxygen atoms in total. The quantitative estimate of drug-likeness (QED) is 0.170. The molecule has 0 radical (unpaired) electrons. The van der Waals surface area contributed by atoms with Crippen molar-refractivity contribution in [2.45, 2.75) is 16.1 Å². The zero-order chi connectivity index (χ0) is 36.3. The van der Waals surface area contributed by atoms with E-state index in [-0.39, 0.29) is 0 Å². The molecule has 0 saturated heterocycles. The summed E-state index contributed by atoms with van der Waals surface area (Å²) in [6.07, 6.45) is 6.86. The first kappa shape index (κ1) is 32.2. The first-order valence-corrected chi connectivity index (χ1v) is 20.2. The van der Waals surface area contributed by atoms with E-state index in [9.17, 15) is 0 Å². The summed E-state index contributed by atoms with van der Waals surface area (Å²) in [4.78, 5) is 1.39. The van der Waals surface area contributed by atoms with Crippen LogP contribution < -0.4 is 0 Å². The van der Waals surface area contributed by atoms with Gasteiger partial charge in [-0.15, -0.1) is 33.3 Å². The summed E-state index contributed by atoms with van der Waals surface area (Å²) in [5.74, 6) is 1.42. The van der Waals surface area contributed by atoms with Crippen LogP contribution in [0.3, 0.4) is 0 Å². The minimum atomic E-state index is 0.396. The lowest BCUT2D eigenvalue weighted by molar-refractivity contribution is 0.584. The molecule has 0 saturated carbocycles. The minimum absolute atomic E-state index is 0.396. The molecule has 2 unspecified atom stereocenters. The average Bonchev–Trinajstić information content (AvgIpc) is 4.00. The fraction of sp³-hybridized carbons (Fsp3) is 0.0400. The van der Waals surface area contributed by atoms with Crippen LogP contribution in [0.25, 0.3) is 82.0 Å². The largest absolute Gasteiger partial charge is 0.416 e. The molecule has 7 aromatic carbocycles. The number of thioether (sulfide) groups is 1. The van der Waals surface area contributed by atoms with Gasteiger partial charge in [0, 0.05) is 47.4 Å². The van der Waals surface area contributed by atoms with E-state index in [1.165, 1.54) is 64.0 Å². The molecule has 3 heterocycles. The predicted molar refractivity (Wildman–Crippen MR) is 230 cm³/mol. The molecular formula is C50H32N2OS2. The van der Waals surface area contributed by atoms with Gasteiger partial charge in [-0.05, 0) is 98.6 Å². The van der Waals surface area contributed by atoms with Gasteiger partial charge in [0.25, 0.3) is 0 Å². The van der Waals surface area contributed by atoms with Gasteiger partial charge in [-0.1, -0.05) is 133 Å². The van der Waals surface area contributed by atoms with Gasteiger partial charge in [-0.25, -0.2) is 0 Å². The molecule has 0 N–H and O–H groups in total. The molecule has 260 valence electrons. The van der Waals surface area contributed by atoms with E-state index in [1.54, 1.807) is 0 Å². The summed E-state index contributed by atoms with van der Waals surface area (Å²) < 4.78 is 8.86. The average molecular weight is 741 g/mol. The first-order valence-electron chi connectivity index (χ1n) is 18.5. The summed E-state index contributed by atoms with van der Waals surface area (Å²) in [7, 11) is 0. The van der Waals surface area contributed by atoms with Crippen LogP contribution in [0.2, 0.25) is 0 Å². The molecule has 0 bridgehead atoms. The number of hydrogen-bond acceptors (Lipinski definition) is 5. The lowest BCUT2D eigenvalue weighted by atomic mass is 9.85. The van der Waals surface area contributed by atoms with Crippen LogP contribution in [0, 0.1) is 0 Å². The highest BCUT2D eigenvalue weighted by molar-refractivity contribution is 8.00. The molecule has 1 aliphatic heterocycles. The van der Waals surface area contributed by atoms with Crippen molar-refractivity contribution < 1.29 is 4.42 Å². The van der Waals surface area contributed by atoms with Gasteiger partial charge in [0.15, 0.2) is 0 Å². The van der Waals surface area contributed by atoms with Crippen molar-refractivity contribution in [1.82, 2.24) is 10.2 Å². The molecule has 2 atom stereocenters. The highest BCUT2D eigenvalue weighted by Gasteiger charge is 2.35. The maximum atomic E-state index is 6.22. The maximum Gasteiger partial charge on any atom is 0.248 e. The van der Waals surface area contributed by atoms with Crippen LogP contribution >= 0.6 is 23.1 Å². The summed E-state index contributed by atoms with van der Waals surface area (Å²) in [6, 6.07) is 58.6. The lowest BCUT2D eigenvalue weighted by Crippen LogP contribution is -2.13. The fourth-order valence-corrected chi connectivity index (χ4v) is 10.9. The van der Waals surface area contributed by atoms with E-state index in [4.69, 9.17) is 4.42 Å². The van der Waals surface area contributed by atoms with Crippen molar-refractivity contribution in [2.24, 2.45) is 0 Å². The topological polar surface area (TPSA) is 38.9 Å². The predicted octanol–water partition coefficient (Wildman–Crippen LogP) is 14.0. The van der Waals surface area contributed by atoms with Crippen LogP contribution in [0.5, 0.6) is 0 Å². The van der Waals surface area contributed by atoms with Crippen LogP contribution in [0.1, 0.15) is 17.0 Å². The lowest BCUT2D eigenvalue weighted by Gasteiger charge is -2.23. The molecule has 0 fully saturated rings. The van der Waals surface area contributed by atoms with Crippen LogP contribution in [0.4, 0.5) is 0 Å². The number of benzene rings is 7. The second-order valence-electron chi connectivity index (χ2n) is 14.1. The van der Waals surface area contributed by atoms with Crippen molar-refractivity contribution in [2.75, 3.05) is 0 Å². The third-order valence-electron chi connectivity index (χ3n) is 10.9. The first-order chi connectivity index (χ1) is 27.2. The Morgan fingerprint density at radius 1 is 0.491 bits per heavy atom. The summed E-state index contributed by atoms with van der Waals surface area (Å²) in [6.45, 7) is 0. The summed E-state index contributed by atoms with van der Waals surface area (Å²) in [5, 5.41) is 11.9. The van der Waals surface area contributed by atoms with Gasteiger partial charge in [-0.2, -0.15) is 0 Å². The number of hydrogen-bond donors (Lipinski definition) is 0. The third kappa shape index (κ3) is 5.67. The van der Waals surface area contributed by atoms with Crippen molar-refractivity contribution in [3.05, 3.63) is 193 Å². The monoisotopic (exact) mass is 740 g/mol. The standard InChI is InChI=1S/C50H32N2OS2/c1-3-19-45-41(13-1)43-17-7-15-39(47(43)54-45)37-11-5-9-35(29-37)31-21-25-33(26-22-31)49-51-52-50(53-49)34-27-23-32(24-28-34)36-10-6-12-38(30-36)40-16-8-18-44-42-14-2-4-20-46(42)55-48(40)44/h1-30,43,47H. The van der Waals surface area contributed by atoms with Crippen molar-refractivity contribution in [1.29, 1.82) is 0 Å². The van der Waals surface area contributed by atoms with Gasteiger partial charge in [0.2, 0.25) is 11.8 Å². The number of aromatic nitrogens is 2. The van der Waals surface area contributed by atoms with Crippen LogP contribution in [-0.2, 0) is 0 Å². The summed E-state index contributed by atoms with van der Waals surface area (Å²) in [5.41, 5.74) is 13.0. The zero-order valence-electron chi connectivity index (χ0n) is 29.6. The smallest absolute Gasteiger partial charge is 0.248 e. The Bertz CT molecular complexity index is 2970. The molecule has 1 aliphatic carbocycles. The van der Waals surface area contributed by atoms with Gasteiger partial charge in [-0.3, -0.25) is 0 Å². The Labute approximate surface area is 327 Å². The van der Waals surface area contributed by atoms with E-state index >= 15 is 0 Å². The van der Waals surface area contributed by atoms with Crippen molar-refractivity contribution in [3.63, 3.8) is 0 Å². The van der Waals surface area contributed by atoms with Gasteiger partial charge in [0.1, 0.15) is 0 Å². The van der Waals surface area contributed by atoms with E-state index in [0.717, 1.165) is 22.3 Å². The Hall–Kier alpha value is -6.27. The SMILES string of the molecule is C1=CC2c3ccccc3SC2C(c2cccc(-c3ccc(-c4nnc(-c5ccc(-c6cccc(-c7cccc8c7sc7ccccc78)c6)cc5)o4)cc3)c2)=C1. The van der Waals surface area contributed by atoms with E-state index < -0.39 is 0 Å². The Balaban J connectivity index is 0.813. The zero-order valence-corrected chi connectivity index (χ0v) is 31.2. The summed E-state index contributed by atoms with van der Waals surface area (Å²) >= 11 is 3.84. The Morgan fingerprint density at radius 3 is 1.85 bits per heavy atom. The second-order valence-corrected chi connectivity index (χ2v) is 16.4. The van der Waals surface area contributed by atoms with Crippen molar-refractivity contribution >= 4 is 48.8 Å². The number of allylic oxidation sites excluding steroid dienone is 3. The molecule has 11 rings (SSSR count). The molecule has 5 heteroatoms. The van der Waals surface area contributed by atoms with E-state index in [2.05, 4.69) is 192 Å². The highest BCUT2D eigenvalue weighted by Crippen LogP contribution is 2.52. The van der Waals surface area contributed by atoms with Crippen molar-refractivity contribution in [3.8, 4) is 56.3 Å². The number of thiophene rings is 1. The molecular weight excluding hydrogens is 709 g/mol. The molecule has 2 aromatic heterocycles. The normalized spacial score (nSPS) is 16.0. The number of fused-ring (bicyclic) bond motifs is 6. The molecule has 2 aliphatic rings. The number of rotatable bonds is 6. The van der Waals surface area contributed by atoms with Gasteiger partial charge in [0.05, 0.1) is 0 Å². The number of nitrogens with zero attached hydrogens (tertiary/aromatic N) is 2. The molecule has 0 spiro atoms. The van der Waals surface area contributed by atoms with Crippen LogP contribution in [0.15, 0.2) is 191 Å². The Kier molecular flexibility index (Phi) is 7.75. The van der Waals surface area contributed by atoms with Crippen LogP contribution in [-0.4, -0.2) is 15.4 Å². The molecule has 9 aromatic rings. The van der Waals surface area contributed by atoms with E-state index in [1.807, 2.05) is 23.1 Å². The van der Waals surface area contributed by atoms with Gasteiger partial charge < -0.3 is 4.42 Å². The highest BCUT2D eigenvalue weighted by atomic mass is 32.2. The molecule has 55 heavy (non-hydrogen) atoms. The second kappa shape index (κ2) is 13.2. The van der Waals surface area contributed by atoms with Gasteiger partial charge >= 0.3 is 0 Å². The maximum absolute atomic E-state index is 6.22. The molecule has 0 amide bonds.